The highest BCUT2D eigenvalue weighted by molar-refractivity contribution is 5.92. The van der Waals surface area contributed by atoms with Crippen molar-refractivity contribution >= 4 is 11.7 Å². The predicted octanol–water partition coefficient (Wildman–Crippen LogP) is 0.681. The van der Waals surface area contributed by atoms with Gasteiger partial charge in [0.15, 0.2) is 11.5 Å². The number of hydrogen-bond acceptors (Lipinski definition) is 5. The molecule has 0 spiro atoms. The van der Waals surface area contributed by atoms with Crippen LogP contribution in [0.5, 0.6) is 0 Å². The third kappa shape index (κ3) is 3.39. The summed E-state index contributed by atoms with van der Waals surface area (Å²) in [5.74, 6) is 6.21. The second-order valence-electron chi connectivity index (χ2n) is 4.50. The Balaban J connectivity index is 1.88. The van der Waals surface area contributed by atoms with Gasteiger partial charge in [0.1, 0.15) is 0 Å². The van der Waals surface area contributed by atoms with Gasteiger partial charge >= 0.3 is 0 Å². The first-order valence-corrected chi connectivity index (χ1v) is 5.80. The van der Waals surface area contributed by atoms with Crippen molar-refractivity contribution in [2.45, 2.75) is 32.2 Å². The third-order valence-electron chi connectivity index (χ3n) is 2.81. The van der Waals surface area contributed by atoms with E-state index in [4.69, 9.17) is 5.84 Å². The van der Waals surface area contributed by atoms with Crippen LogP contribution in [0.4, 0.5) is 5.82 Å². The zero-order chi connectivity index (χ0) is 12.3. The quantitative estimate of drug-likeness (QED) is 0.515. The number of nitrogens with zero attached hydrogens (tertiary/aromatic N) is 2. The zero-order valence-electron chi connectivity index (χ0n) is 9.81. The fourth-order valence-electron chi connectivity index (χ4n) is 1.74. The number of hydrogen-bond donors (Lipinski definition) is 3. The van der Waals surface area contributed by atoms with Gasteiger partial charge < -0.3 is 10.7 Å². The summed E-state index contributed by atoms with van der Waals surface area (Å²) >= 11 is 0. The molecule has 1 amide bonds. The lowest BCUT2D eigenvalue weighted by Crippen LogP contribution is -2.33. The first kappa shape index (κ1) is 11.8. The molecule has 1 fully saturated rings. The minimum absolute atomic E-state index is 0.184. The molecule has 1 saturated carbocycles. The van der Waals surface area contributed by atoms with Crippen LogP contribution >= 0.6 is 0 Å². The number of carbonyl (C=O) groups is 1. The number of amides is 1. The zero-order valence-corrected chi connectivity index (χ0v) is 9.81. The predicted molar refractivity (Wildman–Crippen MR) is 64.1 cm³/mol. The Bertz CT molecular complexity index is 387. The summed E-state index contributed by atoms with van der Waals surface area (Å²) in [7, 11) is 0. The van der Waals surface area contributed by atoms with E-state index in [9.17, 15) is 4.79 Å². The molecule has 1 aromatic heterocycles. The van der Waals surface area contributed by atoms with Crippen molar-refractivity contribution in [1.29, 1.82) is 0 Å². The van der Waals surface area contributed by atoms with Crippen LogP contribution in [0.15, 0.2) is 12.1 Å². The lowest BCUT2D eigenvalue weighted by molar-refractivity contribution is 0.0931. The fourth-order valence-corrected chi connectivity index (χ4v) is 1.74. The van der Waals surface area contributed by atoms with Crippen LogP contribution in [0.1, 0.15) is 36.7 Å². The highest BCUT2D eigenvalue weighted by Crippen LogP contribution is 2.33. The Morgan fingerprint density at radius 2 is 2.29 bits per heavy atom. The average Bonchev–Trinajstić information content (AvgIpc) is 3.12. The number of rotatable bonds is 5. The average molecular weight is 235 g/mol. The number of nitrogen functional groups attached to an aromatic ring is 1. The summed E-state index contributed by atoms with van der Waals surface area (Å²) in [5.41, 5.74) is 2.67. The van der Waals surface area contributed by atoms with Crippen LogP contribution in [0, 0.1) is 5.92 Å². The Hall–Kier alpha value is -1.69. The topological polar surface area (TPSA) is 92.9 Å². The van der Waals surface area contributed by atoms with E-state index in [-0.39, 0.29) is 11.9 Å². The van der Waals surface area contributed by atoms with Crippen molar-refractivity contribution in [2.24, 2.45) is 11.8 Å². The molecule has 0 aromatic carbocycles. The van der Waals surface area contributed by atoms with Crippen LogP contribution in [-0.2, 0) is 0 Å². The molecule has 92 valence electrons. The van der Waals surface area contributed by atoms with Gasteiger partial charge in [0, 0.05) is 6.04 Å². The van der Waals surface area contributed by atoms with Crippen molar-refractivity contribution in [3.63, 3.8) is 0 Å². The van der Waals surface area contributed by atoms with Crippen molar-refractivity contribution in [1.82, 2.24) is 15.5 Å². The lowest BCUT2D eigenvalue weighted by atomic mass is 10.1. The number of carbonyl (C=O) groups excluding carboxylic acids is 1. The molecule has 2 rings (SSSR count). The van der Waals surface area contributed by atoms with Crippen molar-refractivity contribution in [3.05, 3.63) is 17.8 Å². The third-order valence-corrected chi connectivity index (χ3v) is 2.81. The van der Waals surface area contributed by atoms with Crippen LogP contribution < -0.4 is 16.6 Å². The summed E-state index contributed by atoms with van der Waals surface area (Å²) in [6.45, 7) is 2.01. The van der Waals surface area contributed by atoms with Gasteiger partial charge in [-0.25, -0.2) is 5.84 Å². The van der Waals surface area contributed by atoms with Gasteiger partial charge in [-0.05, 0) is 31.4 Å². The molecule has 1 atom stereocenters. The number of anilines is 1. The normalized spacial score (nSPS) is 16.4. The van der Waals surface area contributed by atoms with E-state index < -0.39 is 0 Å². The molecule has 1 heterocycles. The molecule has 6 nitrogen and oxygen atoms in total. The van der Waals surface area contributed by atoms with Crippen molar-refractivity contribution in [2.75, 3.05) is 5.43 Å². The Labute approximate surface area is 100.0 Å². The fraction of sp³-hybridized carbons (Fsp3) is 0.545. The van der Waals surface area contributed by atoms with E-state index in [0.29, 0.717) is 11.5 Å². The van der Waals surface area contributed by atoms with Crippen LogP contribution in [0.3, 0.4) is 0 Å². The molecular weight excluding hydrogens is 218 g/mol. The number of aromatic nitrogens is 2. The molecule has 17 heavy (non-hydrogen) atoms. The molecule has 0 aliphatic heterocycles. The van der Waals surface area contributed by atoms with Crippen molar-refractivity contribution in [3.8, 4) is 0 Å². The first-order chi connectivity index (χ1) is 8.19. The highest BCUT2D eigenvalue weighted by atomic mass is 16.2. The van der Waals surface area contributed by atoms with E-state index in [1.807, 2.05) is 6.92 Å². The second-order valence-corrected chi connectivity index (χ2v) is 4.50. The molecule has 1 aliphatic rings. The highest BCUT2D eigenvalue weighted by Gasteiger charge is 2.24. The van der Waals surface area contributed by atoms with Gasteiger partial charge in [0.2, 0.25) is 0 Å². The Morgan fingerprint density at radius 3 is 2.82 bits per heavy atom. The van der Waals surface area contributed by atoms with E-state index in [1.54, 1.807) is 12.1 Å². The van der Waals surface area contributed by atoms with Crippen LogP contribution in [0.2, 0.25) is 0 Å². The Kier molecular flexibility index (Phi) is 3.53. The van der Waals surface area contributed by atoms with Crippen molar-refractivity contribution < 1.29 is 4.79 Å². The first-order valence-electron chi connectivity index (χ1n) is 5.80. The van der Waals surface area contributed by atoms with Crippen LogP contribution in [0.25, 0.3) is 0 Å². The minimum atomic E-state index is -0.186. The van der Waals surface area contributed by atoms with Gasteiger partial charge in [-0.3, -0.25) is 4.79 Å². The molecule has 4 N–H and O–H groups in total. The van der Waals surface area contributed by atoms with Gasteiger partial charge in [0.05, 0.1) is 0 Å². The summed E-state index contributed by atoms with van der Waals surface area (Å²) in [6, 6.07) is 3.40. The lowest BCUT2D eigenvalue weighted by Gasteiger charge is -2.12. The smallest absolute Gasteiger partial charge is 0.272 e. The number of hydrazine groups is 1. The second kappa shape index (κ2) is 5.09. The molecule has 0 saturated heterocycles. The monoisotopic (exact) mass is 235 g/mol. The molecule has 1 unspecified atom stereocenters. The van der Waals surface area contributed by atoms with E-state index in [0.717, 1.165) is 12.3 Å². The van der Waals surface area contributed by atoms with Crippen LogP contribution in [-0.4, -0.2) is 22.1 Å². The SMILES string of the molecule is CC(CC1CC1)NC(=O)c1ccc(NN)nn1. The van der Waals surface area contributed by atoms with Gasteiger partial charge in [-0.15, -0.1) is 10.2 Å². The summed E-state index contributed by atoms with van der Waals surface area (Å²) in [5, 5.41) is 10.5. The molecule has 1 aromatic rings. The maximum atomic E-state index is 11.8. The largest absolute Gasteiger partial charge is 0.348 e. The summed E-state index contributed by atoms with van der Waals surface area (Å²) < 4.78 is 0. The number of nitrogens with two attached hydrogens (primary N) is 1. The Morgan fingerprint density at radius 1 is 1.53 bits per heavy atom. The van der Waals surface area contributed by atoms with E-state index in [1.165, 1.54) is 12.8 Å². The summed E-state index contributed by atoms with van der Waals surface area (Å²) in [6.07, 6.45) is 3.62. The maximum Gasteiger partial charge on any atom is 0.272 e. The number of nitrogens with one attached hydrogen (secondary N) is 2. The van der Waals surface area contributed by atoms with Gasteiger partial charge in [0.25, 0.3) is 5.91 Å². The molecule has 6 heteroatoms. The molecular formula is C11H17N5O. The standard InChI is InChI=1S/C11H17N5O/c1-7(6-8-2-3-8)13-11(17)9-4-5-10(14-12)16-15-9/h4-5,7-8H,2-3,6,12H2,1H3,(H,13,17)(H,14,16). The molecule has 0 radical (unpaired) electrons. The van der Waals surface area contributed by atoms with Gasteiger partial charge in [-0.2, -0.15) is 0 Å². The maximum absolute atomic E-state index is 11.8. The van der Waals surface area contributed by atoms with E-state index >= 15 is 0 Å². The minimum Gasteiger partial charge on any atom is -0.348 e. The molecule has 1 aliphatic carbocycles. The molecule has 0 bridgehead atoms. The van der Waals surface area contributed by atoms with E-state index in [2.05, 4.69) is 20.9 Å². The summed E-state index contributed by atoms with van der Waals surface area (Å²) in [4.78, 5) is 11.8. The van der Waals surface area contributed by atoms with Gasteiger partial charge in [-0.1, -0.05) is 12.8 Å².